The average Bonchev–Trinajstić information content (AvgIpc) is 2.70. The van der Waals surface area contributed by atoms with Gasteiger partial charge >= 0.3 is 0 Å². The molecular weight excluding hydrogens is 338 g/mol. The summed E-state index contributed by atoms with van der Waals surface area (Å²) < 4.78 is 1.39. The fourth-order valence-corrected chi connectivity index (χ4v) is 3.21. The number of amides is 1. The van der Waals surface area contributed by atoms with Crippen LogP contribution in [0.4, 0.5) is 5.69 Å². The minimum Gasteiger partial charge on any atom is -0.320 e. The molecule has 2 aromatic carbocycles. The molecule has 1 aromatic heterocycles. The molecule has 3 rings (SSSR count). The molecule has 0 fully saturated rings. The van der Waals surface area contributed by atoms with Gasteiger partial charge in [-0.15, -0.1) is 0 Å². The molecule has 27 heavy (non-hydrogen) atoms. The summed E-state index contributed by atoms with van der Waals surface area (Å²) >= 11 is 0. The van der Waals surface area contributed by atoms with Gasteiger partial charge in [-0.25, -0.2) is 4.68 Å². The third-order valence-corrected chi connectivity index (χ3v) is 4.87. The van der Waals surface area contributed by atoms with E-state index in [9.17, 15) is 9.59 Å². The predicted molar refractivity (Wildman–Crippen MR) is 109 cm³/mol. The van der Waals surface area contributed by atoms with Gasteiger partial charge in [-0.3, -0.25) is 9.59 Å². The lowest BCUT2D eigenvalue weighted by Crippen LogP contribution is -2.27. The molecule has 5 nitrogen and oxygen atoms in total. The Hall–Kier alpha value is -2.95. The number of aromatic nitrogens is 2. The maximum atomic E-state index is 13.1. The summed E-state index contributed by atoms with van der Waals surface area (Å²) in [7, 11) is 0. The van der Waals surface area contributed by atoms with Crippen molar-refractivity contribution in [2.24, 2.45) is 0 Å². The molecule has 1 N–H and O–H groups in total. The number of anilines is 1. The lowest BCUT2D eigenvalue weighted by atomic mass is 9.97. The smallest absolute Gasteiger partial charge is 0.276 e. The number of nitrogens with one attached hydrogen (secondary N) is 1. The van der Waals surface area contributed by atoms with Gasteiger partial charge in [-0.1, -0.05) is 57.2 Å². The number of carbonyl (C=O) groups excluding carboxylic acids is 1. The third kappa shape index (κ3) is 3.77. The van der Waals surface area contributed by atoms with E-state index in [1.165, 1.54) is 4.68 Å². The van der Waals surface area contributed by atoms with E-state index in [2.05, 4.69) is 24.3 Å². The standard InChI is InChI=1S/C22H25N3O2/c1-4-14-25-22(27)18-12-7-6-11-17(18)20(24-25)21(26)23-19-13-9-8-10-16(19)15(3)5-2/h6-13,15H,4-5,14H2,1-3H3,(H,23,26)/t15-/m1/s1. The van der Waals surface area contributed by atoms with Crippen molar-refractivity contribution in [1.29, 1.82) is 0 Å². The van der Waals surface area contributed by atoms with Crippen molar-refractivity contribution in [3.63, 3.8) is 0 Å². The third-order valence-electron chi connectivity index (χ3n) is 4.87. The summed E-state index contributed by atoms with van der Waals surface area (Å²) in [6.45, 7) is 6.72. The van der Waals surface area contributed by atoms with Crippen LogP contribution in [0, 0.1) is 0 Å². The molecule has 1 heterocycles. The Morgan fingerprint density at radius 2 is 1.74 bits per heavy atom. The number of hydrogen-bond donors (Lipinski definition) is 1. The zero-order valence-electron chi connectivity index (χ0n) is 16.0. The fraction of sp³-hybridized carbons (Fsp3) is 0.318. The van der Waals surface area contributed by atoms with Gasteiger partial charge in [0.05, 0.1) is 5.39 Å². The van der Waals surface area contributed by atoms with Gasteiger partial charge in [-0.05, 0) is 36.5 Å². The number of aryl methyl sites for hydroxylation is 1. The second-order valence-electron chi connectivity index (χ2n) is 6.77. The molecular formula is C22H25N3O2. The highest BCUT2D eigenvalue weighted by atomic mass is 16.2. The number of para-hydroxylation sites is 1. The van der Waals surface area contributed by atoms with Gasteiger partial charge in [0.15, 0.2) is 5.69 Å². The van der Waals surface area contributed by atoms with Crippen LogP contribution in [0.3, 0.4) is 0 Å². The SMILES string of the molecule is CCCn1nc(C(=O)Nc2ccccc2[C@H](C)CC)c2ccccc2c1=O. The lowest BCUT2D eigenvalue weighted by Gasteiger charge is -2.16. The lowest BCUT2D eigenvalue weighted by molar-refractivity contribution is 0.102. The number of hydrogen-bond acceptors (Lipinski definition) is 3. The Bertz CT molecular complexity index is 1020. The van der Waals surface area contributed by atoms with Gasteiger partial charge < -0.3 is 5.32 Å². The molecule has 0 aliphatic carbocycles. The predicted octanol–water partition coefficient (Wildman–Crippen LogP) is 4.57. The highest BCUT2D eigenvalue weighted by Gasteiger charge is 2.18. The van der Waals surface area contributed by atoms with Crippen LogP contribution in [0.15, 0.2) is 53.3 Å². The number of rotatable bonds is 6. The van der Waals surface area contributed by atoms with E-state index in [4.69, 9.17) is 0 Å². The van der Waals surface area contributed by atoms with E-state index in [0.29, 0.717) is 23.2 Å². The summed E-state index contributed by atoms with van der Waals surface area (Å²) in [4.78, 5) is 25.7. The normalized spacial score (nSPS) is 12.1. The number of carbonyl (C=O) groups is 1. The largest absolute Gasteiger partial charge is 0.320 e. The molecule has 1 amide bonds. The first-order chi connectivity index (χ1) is 13.1. The van der Waals surface area contributed by atoms with Crippen molar-refractivity contribution < 1.29 is 4.79 Å². The summed E-state index contributed by atoms with van der Waals surface area (Å²) in [6, 6.07) is 15.0. The minimum absolute atomic E-state index is 0.163. The van der Waals surface area contributed by atoms with Crippen LogP contribution < -0.4 is 10.9 Å². The van der Waals surface area contributed by atoms with E-state index >= 15 is 0 Å². The summed E-state index contributed by atoms with van der Waals surface area (Å²) in [5.41, 5.74) is 2.00. The van der Waals surface area contributed by atoms with E-state index in [0.717, 1.165) is 24.1 Å². The van der Waals surface area contributed by atoms with E-state index in [1.807, 2.05) is 37.3 Å². The molecule has 3 aromatic rings. The van der Waals surface area contributed by atoms with Crippen molar-refractivity contribution in [2.75, 3.05) is 5.32 Å². The molecule has 0 radical (unpaired) electrons. The molecule has 0 unspecified atom stereocenters. The van der Waals surface area contributed by atoms with Crippen LogP contribution in [0.1, 0.15) is 55.6 Å². The topological polar surface area (TPSA) is 64.0 Å². The molecule has 0 spiro atoms. The summed E-state index contributed by atoms with van der Waals surface area (Å²) in [5.74, 6) is 0.0343. The van der Waals surface area contributed by atoms with E-state index in [1.54, 1.807) is 18.2 Å². The maximum Gasteiger partial charge on any atom is 0.276 e. The van der Waals surface area contributed by atoms with Crippen molar-refractivity contribution >= 4 is 22.4 Å². The fourth-order valence-electron chi connectivity index (χ4n) is 3.21. The van der Waals surface area contributed by atoms with E-state index < -0.39 is 0 Å². The van der Waals surface area contributed by atoms with Crippen LogP contribution in [0.5, 0.6) is 0 Å². The van der Waals surface area contributed by atoms with Crippen molar-refractivity contribution in [3.05, 3.63) is 70.1 Å². The monoisotopic (exact) mass is 363 g/mol. The Kier molecular flexibility index (Phi) is 5.69. The molecule has 0 saturated heterocycles. The van der Waals surface area contributed by atoms with Crippen molar-refractivity contribution in [1.82, 2.24) is 9.78 Å². The Balaban J connectivity index is 2.07. The highest BCUT2D eigenvalue weighted by molar-refractivity contribution is 6.11. The molecule has 5 heteroatoms. The Morgan fingerprint density at radius 1 is 1.07 bits per heavy atom. The molecule has 0 bridgehead atoms. The van der Waals surface area contributed by atoms with Crippen LogP contribution in [-0.2, 0) is 6.54 Å². The first-order valence-corrected chi connectivity index (χ1v) is 9.46. The van der Waals surface area contributed by atoms with Gasteiger partial charge in [0.2, 0.25) is 0 Å². The van der Waals surface area contributed by atoms with E-state index in [-0.39, 0.29) is 17.2 Å². The summed E-state index contributed by atoms with van der Waals surface area (Å²) in [5, 5.41) is 8.47. The van der Waals surface area contributed by atoms with Crippen LogP contribution in [0.2, 0.25) is 0 Å². The molecule has 0 aliphatic rings. The molecule has 0 saturated carbocycles. The zero-order valence-corrected chi connectivity index (χ0v) is 16.0. The second-order valence-corrected chi connectivity index (χ2v) is 6.77. The highest BCUT2D eigenvalue weighted by Crippen LogP contribution is 2.27. The second kappa shape index (κ2) is 8.16. The van der Waals surface area contributed by atoms with Crippen LogP contribution >= 0.6 is 0 Å². The maximum absolute atomic E-state index is 13.1. The molecule has 140 valence electrons. The Morgan fingerprint density at radius 3 is 2.44 bits per heavy atom. The number of fused-ring (bicyclic) bond motifs is 1. The molecule has 1 atom stereocenters. The quantitative estimate of drug-likeness (QED) is 0.697. The molecule has 0 aliphatic heterocycles. The number of benzene rings is 2. The van der Waals surface area contributed by atoms with Crippen molar-refractivity contribution in [2.45, 2.75) is 46.1 Å². The van der Waals surface area contributed by atoms with Gasteiger partial charge in [0.25, 0.3) is 11.5 Å². The Labute approximate surface area is 159 Å². The van der Waals surface area contributed by atoms with Gasteiger partial charge in [-0.2, -0.15) is 5.10 Å². The number of nitrogens with zero attached hydrogens (tertiary/aromatic N) is 2. The minimum atomic E-state index is -0.299. The van der Waals surface area contributed by atoms with Crippen molar-refractivity contribution in [3.8, 4) is 0 Å². The first kappa shape index (κ1) is 18.8. The van der Waals surface area contributed by atoms with Crippen LogP contribution in [-0.4, -0.2) is 15.7 Å². The average molecular weight is 363 g/mol. The summed E-state index contributed by atoms with van der Waals surface area (Å²) in [6.07, 6.45) is 1.75. The van der Waals surface area contributed by atoms with Crippen LogP contribution in [0.25, 0.3) is 10.8 Å². The van der Waals surface area contributed by atoms with Gasteiger partial charge in [0.1, 0.15) is 0 Å². The first-order valence-electron chi connectivity index (χ1n) is 9.46. The van der Waals surface area contributed by atoms with Gasteiger partial charge in [0, 0.05) is 17.6 Å². The zero-order chi connectivity index (χ0) is 19.4.